The van der Waals surface area contributed by atoms with Gasteiger partial charge >= 0.3 is 5.97 Å². The predicted molar refractivity (Wildman–Crippen MR) is 47.2 cm³/mol. The second-order valence-corrected chi connectivity index (χ2v) is 2.99. The summed E-state index contributed by atoms with van der Waals surface area (Å²) in [4.78, 5) is 21.9. The van der Waals surface area contributed by atoms with Gasteiger partial charge in [0.2, 0.25) is 12.2 Å². The molecule has 13 heavy (non-hydrogen) atoms. The van der Waals surface area contributed by atoms with Gasteiger partial charge in [0, 0.05) is 28.2 Å². The summed E-state index contributed by atoms with van der Waals surface area (Å²) in [6, 6.07) is -0.388. The SMILES string of the molecule is CCC1=C[N+](=O)C(C)C=C1C(=O)O. The maximum atomic E-state index is 11.1. The highest BCUT2D eigenvalue weighted by Gasteiger charge is 2.27. The first-order chi connectivity index (χ1) is 6.06. The number of carboxylic acids is 1. The molecule has 0 saturated carbocycles. The lowest BCUT2D eigenvalue weighted by atomic mass is 10.00. The van der Waals surface area contributed by atoms with Crippen LogP contribution in [0.2, 0.25) is 0 Å². The zero-order valence-corrected chi connectivity index (χ0v) is 7.65. The fraction of sp³-hybridized carbons (Fsp3) is 0.444. The van der Waals surface area contributed by atoms with Crippen molar-refractivity contribution in [2.75, 3.05) is 0 Å². The average molecular weight is 182 g/mol. The molecule has 4 heteroatoms. The Morgan fingerprint density at radius 3 is 2.77 bits per heavy atom. The number of nitrogens with zero attached hydrogens (tertiary/aromatic N) is 1. The molecular weight excluding hydrogens is 170 g/mol. The largest absolute Gasteiger partial charge is 0.478 e. The highest BCUT2D eigenvalue weighted by Crippen LogP contribution is 2.20. The minimum atomic E-state index is -0.965. The number of carboxylic acid groups (broad SMARTS) is 1. The van der Waals surface area contributed by atoms with Gasteiger partial charge in [-0.1, -0.05) is 6.92 Å². The topological polar surface area (TPSA) is 57.4 Å². The molecule has 1 rings (SSSR count). The Hall–Kier alpha value is -1.45. The maximum Gasteiger partial charge on any atom is 0.336 e. The van der Waals surface area contributed by atoms with Crippen LogP contribution in [0.4, 0.5) is 0 Å². The third kappa shape index (κ3) is 1.83. The molecule has 1 heterocycles. The number of hydrogen-bond donors (Lipinski definition) is 1. The fourth-order valence-corrected chi connectivity index (χ4v) is 1.25. The van der Waals surface area contributed by atoms with Gasteiger partial charge < -0.3 is 5.11 Å². The molecule has 0 aromatic rings. The number of nitroso groups, excluding NO2 is 1. The van der Waals surface area contributed by atoms with E-state index >= 15 is 0 Å². The number of rotatable bonds is 2. The Morgan fingerprint density at radius 1 is 1.69 bits per heavy atom. The first-order valence-corrected chi connectivity index (χ1v) is 4.18. The lowest BCUT2D eigenvalue weighted by Crippen LogP contribution is -2.21. The van der Waals surface area contributed by atoms with Gasteiger partial charge in [-0.2, -0.15) is 0 Å². The molecule has 1 aliphatic rings. The van der Waals surface area contributed by atoms with Crippen molar-refractivity contribution >= 4 is 5.97 Å². The number of carbonyl (C=O) groups is 1. The molecule has 1 aliphatic heterocycles. The van der Waals surface area contributed by atoms with Crippen LogP contribution in [-0.4, -0.2) is 21.9 Å². The molecule has 0 radical (unpaired) electrons. The van der Waals surface area contributed by atoms with Crippen LogP contribution >= 0.6 is 0 Å². The Bertz CT molecular complexity index is 315. The summed E-state index contributed by atoms with van der Waals surface area (Å²) in [7, 11) is 0. The quantitative estimate of drug-likeness (QED) is 0.658. The first kappa shape index (κ1) is 9.64. The van der Waals surface area contributed by atoms with E-state index in [1.54, 1.807) is 6.92 Å². The summed E-state index contributed by atoms with van der Waals surface area (Å²) >= 11 is 0. The molecule has 0 aliphatic carbocycles. The Kier molecular flexibility index (Phi) is 2.60. The van der Waals surface area contributed by atoms with E-state index in [1.807, 2.05) is 6.92 Å². The smallest absolute Gasteiger partial charge is 0.336 e. The Morgan fingerprint density at radius 2 is 2.31 bits per heavy atom. The van der Waals surface area contributed by atoms with Gasteiger partial charge in [-0.25, -0.2) is 4.79 Å². The molecule has 1 N–H and O–H groups in total. The van der Waals surface area contributed by atoms with E-state index in [-0.39, 0.29) is 11.6 Å². The van der Waals surface area contributed by atoms with Crippen molar-refractivity contribution < 1.29 is 14.7 Å². The normalized spacial score (nSPS) is 22.3. The van der Waals surface area contributed by atoms with E-state index in [0.717, 1.165) is 4.76 Å². The molecule has 0 amide bonds. The van der Waals surface area contributed by atoms with Crippen molar-refractivity contribution in [3.05, 3.63) is 28.3 Å². The van der Waals surface area contributed by atoms with E-state index in [2.05, 4.69) is 0 Å². The van der Waals surface area contributed by atoms with Crippen molar-refractivity contribution in [3.63, 3.8) is 0 Å². The summed E-state index contributed by atoms with van der Waals surface area (Å²) in [6.45, 7) is 3.49. The minimum absolute atomic E-state index is 0.252. The van der Waals surface area contributed by atoms with E-state index < -0.39 is 5.97 Å². The van der Waals surface area contributed by atoms with Gasteiger partial charge in [-0.15, -0.1) is 0 Å². The third-order valence-electron chi connectivity index (χ3n) is 2.05. The fourth-order valence-electron chi connectivity index (χ4n) is 1.25. The molecule has 0 spiro atoms. The number of hydrogen-bond acceptors (Lipinski definition) is 2. The average Bonchev–Trinajstić information content (AvgIpc) is 2.08. The van der Waals surface area contributed by atoms with Gasteiger partial charge in [0.15, 0.2) is 0 Å². The van der Waals surface area contributed by atoms with Crippen molar-refractivity contribution in [3.8, 4) is 0 Å². The number of aliphatic carboxylic acids is 1. The zero-order chi connectivity index (χ0) is 10.0. The van der Waals surface area contributed by atoms with Crippen molar-refractivity contribution in [1.82, 2.24) is 0 Å². The van der Waals surface area contributed by atoms with Gasteiger partial charge in [0.25, 0.3) is 0 Å². The van der Waals surface area contributed by atoms with Crippen molar-refractivity contribution in [2.45, 2.75) is 26.3 Å². The second kappa shape index (κ2) is 3.51. The van der Waals surface area contributed by atoms with E-state index in [4.69, 9.17) is 5.11 Å². The van der Waals surface area contributed by atoms with E-state index in [0.29, 0.717) is 12.0 Å². The minimum Gasteiger partial charge on any atom is -0.478 e. The third-order valence-corrected chi connectivity index (χ3v) is 2.05. The Labute approximate surface area is 76.1 Å². The highest BCUT2D eigenvalue weighted by atomic mass is 16.4. The molecule has 0 saturated heterocycles. The van der Waals surface area contributed by atoms with E-state index in [9.17, 15) is 9.70 Å². The van der Waals surface area contributed by atoms with Crippen LogP contribution in [0.15, 0.2) is 23.4 Å². The van der Waals surface area contributed by atoms with Crippen molar-refractivity contribution in [2.24, 2.45) is 0 Å². The first-order valence-electron chi connectivity index (χ1n) is 4.18. The molecule has 0 bridgehead atoms. The van der Waals surface area contributed by atoms with Crippen LogP contribution in [0, 0.1) is 4.91 Å². The van der Waals surface area contributed by atoms with E-state index in [1.165, 1.54) is 12.3 Å². The second-order valence-electron chi connectivity index (χ2n) is 2.99. The molecule has 0 aromatic carbocycles. The van der Waals surface area contributed by atoms with Gasteiger partial charge in [-0.3, -0.25) is 0 Å². The van der Waals surface area contributed by atoms with Crippen LogP contribution in [0.1, 0.15) is 20.3 Å². The molecule has 4 nitrogen and oxygen atoms in total. The summed E-state index contributed by atoms with van der Waals surface area (Å²) in [5.41, 5.74) is 0.836. The van der Waals surface area contributed by atoms with Gasteiger partial charge in [0.05, 0.1) is 5.57 Å². The standard InChI is InChI=1S/C9H11NO3/c1-3-7-5-10(13)6(2)4-8(7)9(11)12/h4-6H,3H2,1-2H3/p+1. The predicted octanol–water partition coefficient (Wildman–Crippen LogP) is 1.47. The van der Waals surface area contributed by atoms with Crippen LogP contribution in [0.5, 0.6) is 0 Å². The lowest BCUT2D eigenvalue weighted by Gasteiger charge is -2.08. The van der Waals surface area contributed by atoms with Gasteiger partial charge in [0.1, 0.15) is 0 Å². The molecule has 1 unspecified atom stereocenters. The van der Waals surface area contributed by atoms with Crippen LogP contribution in [0.3, 0.4) is 0 Å². The zero-order valence-electron chi connectivity index (χ0n) is 7.65. The lowest BCUT2D eigenvalue weighted by molar-refractivity contribution is -0.506. The monoisotopic (exact) mass is 182 g/mol. The Balaban J connectivity index is 3.06. The van der Waals surface area contributed by atoms with Gasteiger partial charge in [-0.05, 0) is 6.42 Å². The molecular formula is C9H12NO3+. The summed E-state index contributed by atoms with van der Waals surface area (Å²) in [6.07, 6.45) is 3.39. The molecule has 70 valence electrons. The summed E-state index contributed by atoms with van der Waals surface area (Å²) in [5.74, 6) is -0.965. The van der Waals surface area contributed by atoms with Crippen LogP contribution in [-0.2, 0) is 4.79 Å². The highest BCUT2D eigenvalue weighted by molar-refractivity contribution is 5.91. The maximum absolute atomic E-state index is 11.1. The van der Waals surface area contributed by atoms with Crippen LogP contribution in [0.25, 0.3) is 0 Å². The molecule has 1 atom stereocenters. The molecule has 0 aromatic heterocycles. The van der Waals surface area contributed by atoms with Crippen LogP contribution < -0.4 is 0 Å². The van der Waals surface area contributed by atoms with Crippen molar-refractivity contribution in [1.29, 1.82) is 0 Å². The summed E-state index contributed by atoms with van der Waals surface area (Å²) < 4.78 is 0.769. The summed E-state index contributed by atoms with van der Waals surface area (Å²) in [5, 5.41) is 8.81. The molecule has 0 fully saturated rings.